The van der Waals surface area contributed by atoms with E-state index in [9.17, 15) is 0 Å². The van der Waals surface area contributed by atoms with Gasteiger partial charge in [-0.05, 0) is 35.8 Å². The molecule has 1 aliphatic heterocycles. The van der Waals surface area contributed by atoms with Crippen molar-refractivity contribution < 1.29 is 4.74 Å². The Balaban J connectivity index is 0.000000317. The fraction of sp³-hybridized carbons (Fsp3) is 0.625. The minimum Gasteiger partial charge on any atom is -0.493 e. The van der Waals surface area contributed by atoms with E-state index >= 15 is 0 Å². The molecule has 0 bridgehead atoms. The van der Waals surface area contributed by atoms with Gasteiger partial charge < -0.3 is 4.74 Å². The molecule has 96 valence electrons. The average Bonchev–Trinajstić information content (AvgIpc) is 2.27. The Bertz CT molecular complexity index is 325. The molecule has 2 rings (SSSR count). The summed E-state index contributed by atoms with van der Waals surface area (Å²) in [7, 11) is 0. The van der Waals surface area contributed by atoms with Crippen LogP contribution in [0.3, 0.4) is 0 Å². The predicted octanol–water partition coefficient (Wildman–Crippen LogP) is 4.87. The molecule has 1 heterocycles. The van der Waals surface area contributed by atoms with Crippen LogP contribution in [0.2, 0.25) is 0 Å². The van der Waals surface area contributed by atoms with E-state index in [2.05, 4.69) is 52.8 Å². The third-order valence-corrected chi connectivity index (χ3v) is 2.81. The summed E-state index contributed by atoms with van der Waals surface area (Å²) in [6.07, 6.45) is 1.16. The van der Waals surface area contributed by atoms with E-state index < -0.39 is 0 Å². The van der Waals surface area contributed by atoms with Crippen LogP contribution in [0.15, 0.2) is 24.3 Å². The molecule has 0 fully saturated rings. The van der Waals surface area contributed by atoms with Crippen LogP contribution < -0.4 is 4.74 Å². The lowest BCUT2D eigenvalue weighted by Crippen LogP contribution is -2.17. The van der Waals surface area contributed by atoms with Gasteiger partial charge in [-0.3, -0.25) is 0 Å². The first-order valence-corrected chi connectivity index (χ1v) is 6.74. The minimum atomic E-state index is 0.685. The monoisotopic (exact) mass is 234 g/mol. The highest BCUT2D eigenvalue weighted by atomic mass is 16.5. The molecule has 0 N–H and O–H groups in total. The minimum absolute atomic E-state index is 0.685. The number of hydrogen-bond donors (Lipinski definition) is 0. The highest BCUT2D eigenvalue weighted by molar-refractivity contribution is 5.37. The van der Waals surface area contributed by atoms with Gasteiger partial charge in [-0.15, -0.1) is 0 Å². The highest BCUT2D eigenvalue weighted by Crippen LogP contribution is 2.37. The number of hydrogen-bond acceptors (Lipinski definition) is 1. The Kier molecular flexibility index (Phi) is 5.54. The van der Waals surface area contributed by atoms with Crippen molar-refractivity contribution in [1.29, 1.82) is 0 Å². The smallest absolute Gasteiger partial charge is 0.122 e. The van der Waals surface area contributed by atoms with Crippen molar-refractivity contribution in [3.63, 3.8) is 0 Å². The van der Waals surface area contributed by atoms with Gasteiger partial charge in [-0.1, -0.05) is 52.8 Å². The highest BCUT2D eigenvalue weighted by Gasteiger charge is 2.23. The standard InChI is InChI=1S/C12H16O.C4H10/c1-9(2)10-7-8-13-12-6-4-3-5-11(10)12;1-4(2)3/h3-6,9-10H,7-8H2,1-2H3;4H,1-3H3. The Morgan fingerprint density at radius 1 is 1.06 bits per heavy atom. The largest absolute Gasteiger partial charge is 0.493 e. The molecule has 0 spiro atoms. The molecule has 0 saturated heterocycles. The molecule has 1 aromatic carbocycles. The summed E-state index contributed by atoms with van der Waals surface area (Å²) >= 11 is 0. The van der Waals surface area contributed by atoms with E-state index in [1.807, 2.05) is 6.07 Å². The zero-order chi connectivity index (χ0) is 12.8. The molecule has 0 radical (unpaired) electrons. The number of ether oxygens (including phenoxy) is 1. The first kappa shape index (κ1) is 14.1. The van der Waals surface area contributed by atoms with Crippen LogP contribution in [0.25, 0.3) is 0 Å². The van der Waals surface area contributed by atoms with Crippen LogP contribution in [0, 0.1) is 11.8 Å². The lowest BCUT2D eigenvalue weighted by atomic mass is 9.84. The molecular weight excluding hydrogens is 208 g/mol. The Hall–Kier alpha value is -0.980. The quantitative estimate of drug-likeness (QED) is 0.673. The summed E-state index contributed by atoms with van der Waals surface area (Å²) in [5.41, 5.74) is 1.39. The molecule has 0 amide bonds. The van der Waals surface area contributed by atoms with Gasteiger partial charge >= 0.3 is 0 Å². The summed E-state index contributed by atoms with van der Waals surface area (Å²) in [4.78, 5) is 0. The molecular formula is C16H26O. The number of benzene rings is 1. The first-order chi connectivity index (χ1) is 8.02. The van der Waals surface area contributed by atoms with Crippen molar-refractivity contribution in [2.24, 2.45) is 11.8 Å². The van der Waals surface area contributed by atoms with Gasteiger partial charge in [-0.25, -0.2) is 0 Å². The maximum atomic E-state index is 5.60. The van der Waals surface area contributed by atoms with Crippen molar-refractivity contribution in [3.05, 3.63) is 29.8 Å². The normalized spacial score (nSPS) is 18.2. The van der Waals surface area contributed by atoms with Crippen LogP contribution in [0.5, 0.6) is 5.75 Å². The fourth-order valence-electron chi connectivity index (χ4n) is 2.06. The van der Waals surface area contributed by atoms with Crippen LogP contribution in [0.4, 0.5) is 0 Å². The van der Waals surface area contributed by atoms with Gasteiger partial charge in [0.2, 0.25) is 0 Å². The summed E-state index contributed by atoms with van der Waals surface area (Å²) in [5.74, 6) is 3.32. The maximum Gasteiger partial charge on any atom is 0.122 e. The van der Waals surface area contributed by atoms with Gasteiger partial charge in [0.05, 0.1) is 6.61 Å². The summed E-state index contributed by atoms with van der Waals surface area (Å²) in [5, 5.41) is 0. The van der Waals surface area contributed by atoms with Gasteiger partial charge in [0.25, 0.3) is 0 Å². The molecule has 17 heavy (non-hydrogen) atoms. The van der Waals surface area contributed by atoms with Crippen molar-refractivity contribution >= 4 is 0 Å². The molecule has 1 heteroatoms. The van der Waals surface area contributed by atoms with Gasteiger partial charge in [-0.2, -0.15) is 0 Å². The number of rotatable bonds is 1. The lowest BCUT2D eigenvalue weighted by molar-refractivity contribution is 0.247. The van der Waals surface area contributed by atoms with E-state index in [0.29, 0.717) is 11.8 Å². The van der Waals surface area contributed by atoms with Gasteiger partial charge in [0, 0.05) is 0 Å². The van der Waals surface area contributed by atoms with Crippen molar-refractivity contribution in [2.75, 3.05) is 6.61 Å². The fourth-order valence-corrected chi connectivity index (χ4v) is 2.06. The molecule has 0 aliphatic carbocycles. The molecule has 0 aromatic heterocycles. The first-order valence-electron chi connectivity index (χ1n) is 6.74. The van der Waals surface area contributed by atoms with Crippen molar-refractivity contribution in [1.82, 2.24) is 0 Å². The third-order valence-electron chi connectivity index (χ3n) is 2.81. The van der Waals surface area contributed by atoms with Gasteiger partial charge in [0.1, 0.15) is 5.75 Å². The van der Waals surface area contributed by atoms with Crippen molar-refractivity contribution in [3.8, 4) is 5.75 Å². The van der Waals surface area contributed by atoms with Gasteiger partial charge in [0.15, 0.2) is 0 Å². The molecule has 1 aromatic rings. The van der Waals surface area contributed by atoms with Crippen molar-refractivity contribution in [2.45, 2.75) is 47.0 Å². The second-order valence-corrected chi connectivity index (χ2v) is 5.76. The van der Waals surface area contributed by atoms with Crippen LogP contribution >= 0.6 is 0 Å². The van der Waals surface area contributed by atoms with E-state index in [1.54, 1.807) is 0 Å². The van der Waals surface area contributed by atoms with E-state index in [0.717, 1.165) is 24.7 Å². The number of para-hydroxylation sites is 1. The van der Waals surface area contributed by atoms with Crippen LogP contribution in [-0.2, 0) is 0 Å². The maximum absolute atomic E-state index is 5.60. The SMILES string of the molecule is CC(C)C.CC(C)C1CCOc2ccccc21. The average molecular weight is 234 g/mol. The zero-order valence-corrected chi connectivity index (χ0v) is 11.9. The Morgan fingerprint density at radius 3 is 2.24 bits per heavy atom. The summed E-state index contributed by atoms with van der Waals surface area (Å²) in [6, 6.07) is 8.41. The topological polar surface area (TPSA) is 9.23 Å². The summed E-state index contributed by atoms with van der Waals surface area (Å²) < 4.78 is 5.60. The van der Waals surface area contributed by atoms with E-state index in [-0.39, 0.29) is 0 Å². The Morgan fingerprint density at radius 2 is 1.65 bits per heavy atom. The lowest BCUT2D eigenvalue weighted by Gasteiger charge is -2.28. The molecule has 0 saturated carbocycles. The predicted molar refractivity (Wildman–Crippen MR) is 74.6 cm³/mol. The van der Waals surface area contributed by atoms with E-state index in [4.69, 9.17) is 4.74 Å². The molecule has 1 unspecified atom stereocenters. The van der Waals surface area contributed by atoms with Crippen LogP contribution in [-0.4, -0.2) is 6.61 Å². The molecule has 1 aliphatic rings. The third kappa shape index (κ3) is 4.41. The second kappa shape index (κ2) is 6.68. The second-order valence-electron chi connectivity index (χ2n) is 5.76. The molecule has 1 nitrogen and oxygen atoms in total. The Labute approximate surface area is 106 Å². The van der Waals surface area contributed by atoms with Crippen LogP contribution in [0.1, 0.15) is 52.5 Å². The summed E-state index contributed by atoms with van der Waals surface area (Å²) in [6.45, 7) is 11.9. The zero-order valence-electron chi connectivity index (χ0n) is 11.9. The van der Waals surface area contributed by atoms with E-state index in [1.165, 1.54) is 5.56 Å². The number of fused-ring (bicyclic) bond motifs is 1. The molecule has 1 atom stereocenters.